The summed E-state index contributed by atoms with van der Waals surface area (Å²) in [6.45, 7) is 5.48. The lowest BCUT2D eigenvalue weighted by molar-refractivity contribution is -0.123. The minimum absolute atomic E-state index is 0.0171. The van der Waals surface area contributed by atoms with Gasteiger partial charge < -0.3 is 14.2 Å². The molecule has 2 aromatic rings. The van der Waals surface area contributed by atoms with Crippen LogP contribution in [-0.2, 0) is 9.53 Å². The molecule has 2 aromatic carbocycles. The van der Waals surface area contributed by atoms with Gasteiger partial charge in [-0.2, -0.15) is 0 Å². The van der Waals surface area contributed by atoms with Crippen molar-refractivity contribution in [3.63, 3.8) is 0 Å². The van der Waals surface area contributed by atoms with Crippen molar-refractivity contribution in [3.05, 3.63) is 59.7 Å². The molecule has 0 fully saturated rings. The SMILES string of the molecule is CCOC(=O)c1ccc(OCC(=O)NNC(=O)c2cccc(OC(C)C)c2)cc1. The van der Waals surface area contributed by atoms with Crippen LogP contribution < -0.4 is 20.3 Å². The quantitative estimate of drug-likeness (QED) is 0.521. The number of amides is 2. The fourth-order valence-electron chi connectivity index (χ4n) is 2.27. The molecule has 0 aliphatic carbocycles. The Labute approximate surface area is 169 Å². The van der Waals surface area contributed by atoms with E-state index >= 15 is 0 Å². The molecule has 0 bridgehead atoms. The first-order chi connectivity index (χ1) is 13.9. The van der Waals surface area contributed by atoms with E-state index in [0.29, 0.717) is 22.6 Å². The van der Waals surface area contributed by atoms with Crippen molar-refractivity contribution in [1.29, 1.82) is 0 Å². The summed E-state index contributed by atoms with van der Waals surface area (Å²) in [5.41, 5.74) is 5.33. The van der Waals surface area contributed by atoms with E-state index in [4.69, 9.17) is 14.2 Å². The molecule has 0 heterocycles. The van der Waals surface area contributed by atoms with Gasteiger partial charge in [0.05, 0.1) is 18.3 Å². The maximum atomic E-state index is 12.1. The van der Waals surface area contributed by atoms with Crippen LogP contribution in [-0.4, -0.2) is 37.1 Å². The predicted molar refractivity (Wildman–Crippen MR) is 106 cm³/mol. The van der Waals surface area contributed by atoms with Crippen LogP contribution in [0.25, 0.3) is 0 Å². The molecule has 0 radical (unpaired) electrons. The Balaban J connectivity index is 1.79. The van der Waals surface area contributed by atoms with Gasteiger partial charge in [-0.15, -0.1) is 0 Å². The van der Waals surface area contributed by atoms with Crippen molar-refractivity contribution in [2.24, 2.45) is 0 Å². The number of carbonyl (C=O) groups is 3. The van der Waals surface area contributed by atoms with Gasteiger partial charge >= 0.3 is 5.97 Å². The monoisotopic (exact) mass is 400 g/mol. The maximum Gasteiger partial charge on any atom is 0.338 e. The molecule has 2 amide bonds. The van der Waals surface area contributed by atoms with Crippen LogP contribution in [0.1, 0.15) is 41.5 Å². The van der Waals surface area contributed by atoms with Crippen LogP contribution in [0.5, 0.6) is 11.5 Å². The summed E-state index contributed by atoms with van der Waals surface area (Å²) in [7, 11) is 0. The van der Waals surface area contributed by atoms with E-state index in [1.165, 1.54) is 0 Å². The lowest BCUT2D eigenvalue weighted by Crippen LogP contribution is -2.43. The second-order valence-corrected chi connectivity index (χ2v) is 6.23. The summed E-state index contributed by atoms with van der Waals surface area (Å²) in [4.78, 5) is 35.6. The van der Waals surface area contributed by atoms with Gasteiger partial charge in [0.1, 0.15) is 11.5 Å². The standard InChI is InChI=1S/C21H24N2O6/c1-4-27-21(26)15-8-10-17(11-9-15)28-13-19(24)22-23-20(25)16-6-5-7-18(12-16)29-14(2)3/h5-12,14H,4,13H2,1-3H3,(H,22,24)(H,23,25). The first-order valence-corrected chi connectivity index (χ1v) is 9.15. The Bertz CT molecular complexity index is 849. The molecule has 0 aromatic heterocycles. The van der Waals surface area contributed by atoms with Gasteiger partial charge in [0, 0.05) is 5.56 Å². The van der Waals surface area contributed by atoms with Crippen molar-refractivity contribution >= 4 is 17.8 Å². The van der Waals surface area contributed by atoms with Crippen LogP contribution >= 0.6 is 0 Å². The molecule has 0 unspecified atom stereocenters. The smallest absolute Gasteiger partial charge is 0.338 e. The van der Waals surface area contributed by atoms with Crippen molar-refractivity contribution in [1.82, 2.24) is 10.9 Å². The number of benzene rings is 2. The topological polar surface area (TPSA) is 103 Å². The van der Waals surface area contributed by atoms with Crippen molar-refractivity contribution < 1.29 is 28.6 Å². The van der Waals surface area contributed by atoms with E-state index in [9.17, 15) is 14.4 Å². The van der Waals surface area contributed by atoms with Gasteiger partial charge in [-0.3, -0.25) is 20.4 Å². The average molecular weight is 400 g/mol. The number of hydrogen-bond acceptors (Lipinski definition) is 6. The third kappa shape index (κ3) is 7.17. The second-order valence-electron chi connectivity index (χ2n) is 6.23. The first-order valence-electron chi connectivity index (χ1n) is 9.15. The zero-order chi connectivity index (χ0) is 21.2. The Hall–Kier alpha value is -3.55. The van der Waals surface area contributed by atoms with Crippen LogP contribution in [0, 0.1) is 0 Å². The van der Waals surface area contributed by atoms with Gasteiger partial charge in [0.2, 0.25) is 0 Å². The van der Waals surface area contributed by atoms with E-state index in [2.05, 4.69) is 10.9 Å². The van der Waals surface area contributed by atoms with Crippen molar-refractivity contribution in [3.8, 4) is 11.5 Å². The van der Waals surface area contributed by atoms with Crippen LogP contribution in [0.15, 0.2) is 48.5 Å². The molecule has 8 nitrogen and oxygen atoms in total. The predicted octanol–water partition coefficient (Wildman–Crippen LogP) is 2.49. The van der Waals surface area contributed by atoms with E-state index < -0.39 is 17.8 Å². The average Bonchev–Trinajstić information content (AvgIpc) is 2.70. The Kier molecular flexibility index (Phi) is 8.02. The molecular weight excluding hydrogens is 376 g/mol. The molecule has 0 saturated heterocycles. The van der Waals surface area contributed by atoms with E-state index in [1.807, 2.05) is 13.8 Å². The lowest BCUT2D eigenvalue weighted by Gasteiger charge is -2.12. The Morgan fingerprint density at radius 3 is 2.31 bits per heavy atom. The van der Waals surface area contributed by atoms with Gasteiger partial charge in [-0.1, -0.05) is 6.07 Å². The fourth-order valence-corrected chi connectivity index (χ4v) is 2.27. The molecule has 0 spiro atoms. The molecule has 2 rings (SSSR count). The maximum absolute atomic E-state index is 12.1. The summed E-state index contributed by atoms with van der Waals surface area (Å²) in [5.74, 6) is -0.484. The summed E-state index contributed by atoms with van der Waals surface area (Å²) in [6.07, 6.45) is -0.0171. The number of hydrazine groups is 1. The zero-order valence-electron chi connectivity index (χ0n) is 16.6. The summed E-state index contributed by atoms with van der Waals surface area (Å²) < 4.78 is 15.8. The lowest BCUT2D eigenvalue weighted by atomic mass is 10.2. The van der Waals surface area contributed by atoms with Gasteiger partial charge in [0.25, 0.3) is 11.8 Å². The summed E-state index contributed by atoms with van der Waals surface area (Å²) in [6, 6.07) is 12.8. The summed E-state index contributed by atoms with van der Waals surface area (Å²) >= 11 is 0. The number of esters is 1. The fraction of sp³-hybridized carbons (Fsp3) is 0.286. The van der Waals surface area contributed by atoms with E-state index in [1.54, 1.807) is 55.5 Å². The molecular formula is C21H24N2O6. The van der Waals surface area contributed by atoms with E-state index in [0.717, 1.165) is 0 Å². The molecule has 8 heteroatoms. The second kappa shape index (κ2) is 10.7. The van der Waals surface area contributed by atoms with Crippen LogP contribution in [0.2, 0.25) is 0 Å². The normalized spacial score (nSPS) is 10.2. The molecule has 0 aliphatic rings. The third-order valence-electron chi connectivity index (χ3n) is 3.52. The van der Waals surface area contributed by atoms with Crippen molar-refractivity contribution in [2.45, 2.75) is 26.9 Å². The number of hydrogen-bond donors (Lipinski definition) is 2. The highest BCUT2D eigenvalue weighted by Crippen LogP contribution is 2.15. The molecule has 0 aliphatic heterocycles. The summed E-state index contributed by atoms with van der Waals surface area (Å²) in [5, 5.41) is 0. The first kappa shape index (κ1) is 21.7. The molecule has 2 N–H and O–H groups in total. The number of ether oxygens (including phenoxy) is 3. The molecule has 0 saturated carbocycles. The largest absolute Gasteiger partial charge is 0.491 e. The molecule has 0 atom stereocenters. The zero-order valence-corrected chi connectivity index (χ0v) is 16.6. The van der Waals surface area contributed by atoms with Crippen LogP contribution in [0.4, 0.5) is 0 Å². The van der Waals surface area contributed by atoms with Gasteiger partial charge in [-0.05, 0) is 63.2 Å². The minimum atomic E-state index is -0.539. The minimum Gasteiger partial charge on any atom is -0.491 e. The third-order valence-corrected chi connectivity index (χ3v) is 3.52. The van der Waals surface area contributed by atoms with E-state index in [-0.39, 0.29) is 19.3 Å². The van der Waals surface area contributed by atoms with Gasteiger partial charge in [-0.25, -0.2) is 4.79 Å². The Morgan fingerprint density at radius 2 is 1.66 bits per heavy atom. The molecule has 154 valence electrons. The van der Waals surface area contributed by atoms with Crippen LogP contribution in [0.3, 0.4) is 0 Å². The van der Waals surface area contributed by atoms with Crippen molar-refractivity contribution in [2.75, 3.05) is 13.2 Å². The highest BCUT2D eigenvalue weighted by atomic mass is 16.5. The van der Waals surface area contributed by atoms with Gasteiger partial charge in [0.15, 0.2) is 6.61 Å². The number of nitrogens with one attached hydrogen (secondary N) is 2. The highest BCUT2D eigenvalue weighted by Gasteiger charge is 2.10. The Morgan fingerprint density at radius 1 is 0.931 bits per heavy atom. The molecule has 29 heavy (non-hydrogen) atoms. The highest BCUT2D eigenvalue weighted by molar-refractivity contribution is 5.95. The number of rotatable bonds is 8. The number of carbonyl (C=O) groups excluding carboxylic acids is 3.